The van der Waals surface area contributed by atoms with Gasteiger partial charge in [0.1, 0.15) is 0 Å². The maximum absolute atomic E-state index is 13.1. The third-order valence-electron chi connectivity index (χ3n) is 5.85. The van der Waals surface area contributed by atoms with Crippen LogP contribution in [0.15, 0.2) is 27.6 Å². The molecular formula is C20H27BrN4O4S. The first-order valence-electron chi connectivity index (χ1n) is 10.4. The van der Waals surface area contributed by atoms with E-state index in [1.54, 1.807) is 11.0 Å². The largest absolute Gasteiger partial charge is 0.342 e. The highest BCUT2D eigenvalue weighted by Gasteiger charge is 2.30. The number of amides is 2. The molecule has 2 amide bonds. The molecule has 8 nitrogen and oxygen atoms in total. The smallest absolute Gasteiger partial charge is 0.255 e. The number of sulfonamides is 1. The number of benzene rings is 1. The van der Waals surface area contributed by atoms with Gasteiger partial charge in [-0.3, -0.25) is 14.5 Å². The predicted octanol–water partition coefficient (Wildman–Crippen LogP) is 1.27. The number of rotatable bonds is 6. The van der Waals surface area contributed by atoms with Gasteiger partial charge in [0.05, 0.1) is 17.0 Å². The third kappa shape index (κ3) is 5.04. The molecule has 0 radical (unpaired) electrons. The van der Waals surface area contributed by atoms with Gasteiger partial charge in [0, 0.05) is 49.8 Å². The zero-order chi connectivity index (χ0) is 21.3. The van der Waals surface area contributed by atoms with Crippen molar-refractivity contribution in [1.82, 2.24) is 19.4 Å². The van der Waals surface area contributed by atoms with Crippen molar-refractivity contribution in [3.05, 3.63) is 28.2 Å². The zero-order valence-corrected chi connectivity index (χ0v) is 19.3. The number of likely N-dealkylation sites (tertiary alicyclic amines) is 1. The van der Waals surface area contributed by atoms with Crippen molar-refractivity contribution in [3.63, 3.8) is 0 Å². The summed E-state index contributed by atoms with van der Waals surface area (Å²) in [5.41, 5.74) is 0.343. The molecule has 3 aliphatic rings. The highest BCUT2D eigenvalue weighted by molar-refractivity contribution is 9.10. The van der Waals surface area contributed by atoms with E-state index in [2.05, 4.69) is 25.6 Å². The van der Waals surface area contributed by atoms with Crippen LogP contribution in [0.1, 0.15) is 36.0 Å². The highest BCUT2D eigenvalue weighted by Crippen LogP contribution is 2.26. The standard InChI is InChI=1S/C20H27BrN4O4S/c21-18-6-5-16(30(28,29)22-15-3-4-15)13-17(18)20(27)25-11-9-23(10-12-25)14-19(26)24-7-1-2-8-24/h5-6,13,15,22H,1-4,7-12,14H2. The predicted molar refractivity (Wildman–Crippen MR) is 116 cm³/mol. The van der Waals surface area contributed by atoms with E-state index in [9.17, 15) is 18.0 Å². The maximum Gasteiger partial charge on any atom is 0.255 e. The van der Waals surface area contributed by atoms with Gasteiger partial charge in [-0.1, -0.05) is 0 Å². The molecule has 0 aromatic heterocycles. The van der Waals surface area contributed by atoms with Crippen molar-refractivity contribution >= 4 is 37.8 Å². The third-order valence-corrected chi connectivity index (χ3v) is 8.06. The van der Waals surface area contributed by atoms with Crippen LogP contribution >= 0.6 is 15.9 Å². The minimum atomic E-state index is -3.62. The van der Waals surface area contributed by atoms with E-state index in [0.717, 1.165) is 38.8 Å². The Morgan fingerprint density at radius 2 is 1.67 bits per heavy atom. The van der Waals surface area contributed by atoms with Crippen LogP contribution in [-0.4, -0.2) is 86.8 Å². The lowest BCUT2D eigenvalue weighted by atomic mass is 10.2. The molecule has 2 saturated heterocycles. The topological polar surface area (TPSA) is 90.0 Å². The molecule has 1 saturated carbocycles. The molecule has 1 aromatic rings. The molecule has 4 rings (SSSR count). The molecule has 0 atom stereocenters. The summed E-state index contributed by atoms with van der Waals surface area (Å²) in [6, 6.07) is 4.57. The summed E-state index contributed by atoms with van der Waals surface area (Å²) in [6.45, 7) is 4.37. The summed E-state index contributed by atoms with van der Waals surface area (Å²) in [4.78, 5) is 31.2. The minimum Gasteiger partial charge on any atom is -0.342 e. The molecule has 0 unspecified atom stereocenters. The van der Waals surface area contributed by atoms with Crippen molar-refractivity contribution < 1.29 is 18.0 Å². The Bertz CT molecular complexity index is 921. The summed E-state index contributed by atoms with van der Waals surface area (Å²) < 4.78 is 28.2. The Morgan fingerprint density at radius 1 is 1.00 bits per heavy atom. The average Bonchev–Trinajstić information content (AvgIpc) is 3.35. The first-order chi connectivity index (χ1) is 14.3. The first-order valence-corrected chi connectivity index (χ1v) is 12.7. The van der Waals surface area contributed by atoms with Crippen LogP contribution in [0, 0.1) is 0 Å². The first kappa shape index (κ1) is 21.7. The van der Waals surface area contributed by atoms with Crippen molar-refractivity contribution in [2.75, 3.05) is 45.8 Å². The Morgan fingerprint density at radius 3 is 2.30 bits per heavy atom. The van der Waals surface area contributed by atoms with Crippen molar-refractivity contribution in [2.45, 2.75) is 36.6 Å². The van der Waals surface area contributed by atoms with Gasteiger partial charge in [0.25, 0.3) is 5.91 Å². The van der Waals surface area contributed by atoms with Crippen LogP contribution in [0.5, 0.6) is 0 Å². The van der Waals surface area contributed by atoms with Crippen LogP contribution in [0.3, 0.4) is 0 Å². The van der Waals surface area contributed by atoms with Gasteiger partial charge in [0.2, 0.25) is 15.9 Å². The molecule has 30 heavy (non-hydrogen) atoms. The van der Waals surface area contributed by atoms with E-state index in [-0.39, 0.29) is 22.8 Å². The summed E-state index contributed by atoms with van der Waals surface area (Å²) in [5.74, 6) is -0.0352. The number of carbonyl (C=O) groups excluding carboxylic acids is 2. The van der Waals surface area contributed by atoms with Crippen LogP contribution in [-0.2, 0) is 14.8 Å². The van der Waals surface area contributed by atoms with Gasteiger partial charge in [-0.25, -0.2) is 13.1 Å². The van der Waals surface area contributed by atoms with Crippen molar-refractivity contribution in [1.29, 1.82) is 0 Å². The minimum absolute atomic E-state index is 0.00847. The van der Waals surface area contributed by atoms with Crippen molar-refractivity contribution in [3.8, 4) is 0 Å². The summed E-state index contributed by atoms with van der Waals surface area (Å²) in [6.07, 6.45) is 3.86. The lowest BCUT2D eigenvalue weighted by Crippen LogP contribution is -2.51. The number of nitrogens with zero attached hydrogens (tertiary/aromatic N) is 3. The Hall–Kier alpha value is -1.49. The Balaban J connectivity index is 1.37. The highest BCUT2D eigenvalue weighted by atomic mass is 79.9. The SMILES string of the molecule is O=C(CN1CCN(C(=O)c2cc(S(=O)(=O)NC3CC3)ccc2Br)CC1)N1CCCC1. The molecule has 3 fully saturated rings. The van der Waals surface area contributed by atoms with Gasteiger partial charge in [-0.2, -0.15) is 0 Å². The van der Waals surface area contributed by atoms with E-state index in [0.29, 0.717) is 42.8 Å². The fourth-order valence-corrected chi connectivity index (χ4v) is 5.61. The van der Waals surface area contributed by atoms with E-state index >= 15 is 0 Å². The lowest BCUT2D eigenvalue weighted by Gasteiger charge is -2.35. The van der Waals surface area contributed by atoms with Crippen LogP contribution in [0.25, 0.3) is 0 Å². The molecule has 1 N–H and O–H groups in total. The van der Waals surface area contributed by atoms with E-state index in [1.807, 2.05) is 4.90 Å². The van der Waals surface area contributed by atoms with E-state index in [1.165, 1.54) is 12.1 Å². The average molecular weight is 499 g/mol. The van der Waals surface area contributed by atoms with E-state index < -0.39 is 10.0 Å². The summed E-state index contributed by atoms with van der Waals surface area (Å²) in [5, 5.41) is 0. The second kappa shape index (κ2) is 8.94. The van der Waals surface area contributed by atoms with Gasteiger partial charge >= 0.3 is 0 Å². The van der Waals surface area contributed by atoms with Gasteiger partial charge in [-0.05, 0) is 59.8 Å². The number of nitrogens with one attached hydrogen (secondary N) is 1. The zero-order valence-electron chi connectivity index (χ0n) is 16.8. The number of halogens is 1. The fourth-order valence-electron chi connectivity index (χ4n) is 3.86. The lowest BCUT2D eigenvalue weighted by molar-refractivity contribution is -0.131. The molecule has 1 aromatic carbocycles. The van der Waals surface area contributed by atoms with Crippen LogP contribution in [0.4, 0.5) is 0 Å². The van der Waals surface area contributed by atoms with Gasteiger partial charge in [0.15, 0.2) is 0 Å². The molecule has 164 valence electrons. The maximum atomic E-state index is 13.1. The second-order valence-electron chi connectivity index (χ2n) is 8.19. The van der Waals surface area contributed by atoms with Gasteiger partial charge < -0.3 is 9.80 Å². The van der Waals surface area contributed by atoms with Gasteiger partial charge in [-0.15, -0.1) is 0 Å². The molecular weight excluding hydrogens is 472 g/mol. The van der Waals surface area contributed by atoms with Crippen LogP contribution in [0.2, 0.25) is 0 Å². The molecule has 0 bridgehead atoms. The molecule has 2 heterocycles. The normalized spacial score (nSPS) is 20.6. The number of piperazine rings is 1. The fraction of sp³-hybridized carbons (Fsp3) is 0.600. The van der Waals surface area contributed by atoms with Crippen molar-refractivity contribution in [2.24, 2.45) is 0 Å². The molecule has 0 spiro atoms. The monoisotopic (exact) mass is 498 g/mol. The second-order valence-corrected chi connectivity index (χ2v) is 10.8. The number of hydrogen-bond donors (Lipinski definition) is 1. The summed E-state index contributed by atoms with van der Waals surface area (Å²) in [7, 11) is -3.62. The van der Waals surface area contributed by atoms with Crippen LogP contribution < -0.4 is 4.72 Å². The van der Waals surface area contributed by atoms with E-state index in [4.69, 9.17) is 0 Å². The summed E-state index contributed by atoms with van der Waals surface area (Å²) >= 11 is 3.39. The number of hydrogen-bond acceptors (Lipinski definition) is 5. The quantitative estimate of drug-likeness (QED) is 0.637. The Kier molecular flexibility index (Phi) is 6.47. The number of carbonyl (C=O) groups is 2. The Labute approximate surface area is 185 Å². The molecule has 2 aliphatic heterocycles. The molecule has 10 heteroatoms. The molecule has 1 aliphatic carbocycles.